The summed E-state index contributed by atoms with van der Waals surface area (Å²) in [6.45, 7) is 2.59. The van der Waals surface area contributed by atoms with E-state index in [9.17, 15) is 0 Å². The maximum absolute atomic E-state index is 5.81. The fraction of sp³-hybridized carbons (Fsp3) is 0.455. The van der Waals surface area contributed by atoms with Crippen LogP contribution in [-0.4, -0.2) is 6.10 Å². The first-order chi connectivity index (χ1) is 6.70. The Morgan fingerprint density at radius 3 is 2.79 bits per heavy atom. The molecule has 0 spiro atoms. The Bertz CT molecular complexity index is 347. The van der Waals surface area contributed by atoms with Gasteiger partial charge in [-0.2, -0.15) is 0 Å². The average Bonchev–Trinajstić information content (AvgIpc) is 2.93. The van der Waals surface area contributed by atoms with E-state index in [0.29, 0.717) is 12.6 Å². The van der Waals surface area contributed by atoms with E-state index < -0.39 is 0 Å². The predicted octanol–water partition coefficient (Wildman–Crippen LogP) is 2.76. The van der Waals surface area contributed by atoms with Crippen LogP contribution in [0.2, 0.25) is 0 Å². The van der Waals surface area contributed by atoms with Gasteiger partial charge in [0.05, 0.1) is 10.6 Å². The molecule has 1 aromatic rings. The molecule has 0 aliphatic heterocycles. The smallest absolute Gasteiger partial charge is 0.138 e. The second-order valence-electron chi connectivity index (χ2n) is 3.76. The molecule has 0 unspecified atom stereocenters. The molecule has 0 bridgehead atoms. The van der Waals surface area contributed by atoms with Crippen molar-refractivity contribution >= 4 is 15.9 Å². The summed E-state index contributed by atoms with van der Waals surface area (Å²) in [5.41, 5.74) is 7.98. The van der Waals surface area contributed by atoms with Crippen LogP contribution < -0.4 is 10.5 Å². The highest BCUT2D eigenvalue weighted by molar-refractivity contribution is 9.10. The summed E-state index contributed by atoms with van der Waals surface area (Å²) >= 11 is 3.51. The van der Waals surface area contributed by atoms with Crippen LogP contribution in [0.3, 0.4) is 0 Å². The zero-order valence-corrected chi connectivity index (χ0v) is 9.80. The Balaban J connectivity index is 2.33. The Morgan fingerprint density at radius 2 is 2.21 bits per heavy atom. The van der Waals surface area contributed by atoms with E-state index in [1.165, 1.54) is 18.4 Å². The lowest BCUT2D eigenvalue weighted by molar-refractivity contribution is 0.298. The SMILES string of the molecule is Cc1cc(Br)c(OC2CC2)c(CN)c1. The van der Waals surface area contributed by atoms with Crippen molar-refractivity contribution < 1.29 is 4.74 Å². The first kappa shape index (κ1) is 9.99. The zero-order chi connectivity index (χ0) is 10.1. The lowest BCUT2D eigenvalue weighted by Crippen LogP contribution is -2.05. The minimum absolute atomic E-state index is 0.416. The van der Waals surface area contributed by atoms with Gasteiger partial charge in [-0.3, -0.25) is 0 Å². The van der Waals surface area contributed by atoms with Crippen molar-refractivity contribution in [2.45, 2.75) is 32.4 Å². The first-order valence-corrected chi connectivity index (χ1v) is 5.65. The van der Waals surface area contributed by atoms with Gasteiger partial charge in [-0.05, 0) is 47.3 Å². The molecular formula is C11H14BrNO. The van der Waals surface area contributed by atoms with E-state index in [1.807, 2.05) is 0 Å². The van der Waals surface area contributed by atoms with Crippen molar-refractivity contribution in [1.29, 1.82) is 0 Å². The summed E-state index contributed by atoms with van der Waals surface area (Å²) in [7, 11) is 0. The van der Waals surface area contributed by atoms with Gasteiger partial charge in [-0.15, -0.1) is 0 Å². The van der Waals surface area contributed by atoms with E-state index in [1.54, 1.807) is 0 Å². The molecule has 14 heavy (non-hydrogen) atoms. The van der Waals surface area contributed by atoms with Gasteiger partial charge in [0.25, 0.3) is 0 Å². The standard InChI is InChI=1S/C11H14BrNO/c1-7-4-8(6-13)11(10(12)5-7)14-9-2-3-9/h4-5,9H,2-3,6,13H2,1H3. The summed E-state index contributed by atoms with van der Waals surface area (Å²) in [6, 6.07) is 4.15. The van der Waals surface area contributed by atoms with Crippen LogP contribution in [0.5, 0.6) is 5.75 Å². The molecule has 1 aliphatic carbocycles. The molecule has 3 heteroatoms. The van der Waals surface area contributed by atoms with E-state index in [-0.39, 0.29) is 0 Å². The van der Waals surface area contributed by atoms with Gasteiger partial charge in [-0.1, -0.05) is 6.07 Å². The highest BCUT2D eigenvalue weighted by Gasteiger charge is 2.25. The van der Waals surface area contributed by atoms with Gasteiger partial charge in [0.2, 0.25) is 0 Å². The van der Waals surface area contributed by atoms with Crippen LogP contribution in [0, 0.1) is 6.92 Å². The van der Waals surface area contributed by atoms with Gasteiger partial charge < -0.3 is 10.5 Å². The molecule has 1 saturated carbocycles. The number of halogens is 1. The second kappa shape index (κ2) is 3.91. The molecule has 2 N–H and O–H groups in total. The molecule has 0 aromatic heterocycles. The van der Waals surface area contributed by atoms with E-state index in [0.717, 1.165) is 15.8 Å². The fourth-order valence-corrected chi connectivity index (χ4v) is 2.15. The molecule has 0 radical (unpaired) electrons. The molecule has 1 aliphatic rings. The number of hydrogen-bond donors (Lipinski definition) is 1. The molecule has 0 heterocycles. The van der Waals surface area contributed by atoms with Crippen molar-refractivity contribution in [3.63, 3.8) is 0 Å². The third-order valence-corrected chi connectivity index (χ3v) is 2.88. The first-order valence-electron chi connectivity index (χ1n) is 4.86. The Labute approximate surface area is 92.6 Å². The summed E-state index contributed by atoms with van der Waals surface area (Å²) in [6.07, 6.45) is 2.76. The molecule has 1 aromatic carbocycles. The maximum atomic E-state index is 5.81. The van der Waals surface area contributed by atoms with Gasteiger partial charge in [0.15, 0.2) is 0 Å². The van der Waals surface area contributed by atoms with Crippen molar-refractivity contribution in [2.75, 3.05) is 0 Å². The normalized spacial score (nSPS) is 15.6. The van der Waals surface area contributed by atoms with Crippen LogP contribution in [0.1, 0.15) is 24.0 Å². The van der Waals surface area contributed by atoms with Gasteiger partial charge in [0, 0.05) is 12.1 Å². The highest BCUT2D eigenvalue weighted by Crippen LogP contribution is 2.35. The van der Waals surface area contributed by atoms with Crippen LogP contribution in [0.15, 0.2) is 16.6 Å². The third-order valence-electron chi connectivity index (χ3n) is 2.29. The van der Waals surface area contributed by atoms with Gasteiger partial charge in [-0.25, -0.2) is 0 Å². The van der Waals surface area contributed by atoms with Crippen LogP contribution in [0.25, 0.3) is 0 Å². The number of nitrogens with two attached hydrogens (primary N) is 1. The number of benzene rings is 1. The fourth-order valence-electron chi connectivity index (χ4n) is 1.44. The largest absolute Gasteiger partial charge is 0.489 e. The van der Waals surface area contributed by atoms with E-state index in [2.05, 4.69) is 35.0 Å². The predicted molar refractivity (Wildman–Crippen MR) is 60.4 cm³/mol. The average molecular weight is 256 g/mol. The molecule has 0 amide bonds. The summed E-state index contributed by atoms with van der Waals surface area (Å²) < 4.78 is 6.82. The van der Waals surface area contributed by atoms with Crippen LogP contribution in [-0.2, 0) is 6.54 Å². The van der Waals surface area contributed by atoms with Crippen LogP contribution in [0.4, 0.5) is 0 Å². The number of aryl methyl sites for hydroxylation is 1. The van der Waals surface area contributed by atoms with E-state index >= 15 is 0 Å². The quantitative estimate of drug-likeness (QED) is 0.902. The van der Waals surface area contributed by atoms with Crippen molar-refractivity contribution in [3.8, 4) is 5.75 Å². The van der Waals surface area contributed by atoms with Crippen molar-refractivity contribution in [2.24, 2.45) is 5.73 Å². The molecule has 0 saturated heterocycles. The van der Waals surface area contributed by atoms with Crippen molar-refractivity contribution in [3.05, 3.63) is 27.7 Å². The third kappa shape index (κ3) is 2.10. The summed E-state index contributed by atoms with van der Waals surface area (Å²) in [4.78, 5) is 0. The molecule has 0 atom stereocenters. The topological polar surface area (TPSA) is 35.2 Å². The lowest BCUT2D eigenvalue weighted by Gasteiger charge is -2.12. The van der Waals surface area contributed by atoms with Gasteiger partial charge >= 0.3 is 0 Å². The Morgan fingerprint density at radius 1 is 1.50 bits per heavy atom. The summed E-state index contributed by atoms with van der Waals surface area (Å²) in [5, 5.41) is 0. The highest BCUT2D eigenvalue weighted by atomic mass is 79.9. The van der Waals surface area contributed by atoms with Gasteiger partial charge in [0.1, 0.15) is 5.75 Å². The molecule has 76 valence electrons. The zero-order valence-electron chi connectivity index (χ0n) is 8.22. The lowest BCUT2D eigenvalue weighted by atomic mass is 10.1. The van der Waals surface area contributed by atoms with Crippen molar-refractivity contribution in [1.82, 2.24) is 0 Å². The maximum Gasteiger partial charge on any atom is 0.138 e. The number of ether oxygens (including phenoxy) is 1. The molecule has 2 rings (SSSR count). The monoisotopic (exact) mass is 255 g/mol. The van der Waals surface area contributed by atoms with E-state index in [4.69, 9.17) is 10.5 Å². The number of hydrogen-bond acceptors (Lipinski definition) is 2. The molecule has 1 fully saturated rings. The number of rotatable bonds is 3. The molecular weight excluding hydrogens is 242 g/mol. The minimum Gasteiger partial charge on any atom is -0.489 e. The van der Waals surface area contributed by atoms with Crippen LogP contribution >= 0.6 is 15.9 Å². The second-order valence-corrected chi connectivity index (χ2v) is 4.61. The summed E-state index contributed by atoms with van der Waals surface area (Å²) in [5.74, 6) is 0.931. The Kier molecular flexibility index (Phi) is 2.79. The minimum atomic E-state index is 0.416. The molecule has 2 nitrogen and oxygen atoms in total. The Hall–Kier alpha value is -0.540.